The van der Waals surface area contributed by atoms with E-state index in [4.69, 9.17) is 9.47 Å². The Labute approximate surface area is 159 Å². The molecule has 0 saturated carbocycles. The highest BCUT2D eigenvalue weighted by Gasteiger charge is 2.21. The Kier molecular flexibility index (Phi) is 6.75. The van der Waals surface area contributed by atoms with Gasteiger partial charge in [0.15, 0.2) is 0 Å². The molecule has 0 radical (unpaired) electrons. The summed E-state index contributed by atoms with van der Waals surface area (Å²) in [7, 11) is -1.29. The van der Waals surface area contributed by atoms with Crippen LogP contribution in [0.15, 0.2) is 35.2 Å². The van der Waals surface area contributed by atoms with Gasteiger partial charge in [-0.1, -0.05) is 34.1 Å². The molecule has 0 saturated heterocycles. The lowest BCUT2D eigenvalue weighted by molar-refractivity contribution is 0.256. The molecule has 9 nitrogen and oxygen atoms in total. The predicted molar refractivity (Wildman–Crippen MR) is 98.4 cm³/mol. The predicted octanol–water partition coefficient (Wildman–Crippen LogP) is 1.94. The summed E-state index contributed by atoms with van der Waals surface area (Å²) < 4.78 is 36.9. The highest BCUT2D eigenvalue weighted by Crippen LogP contribution is 2.18. The molecule has 1 aromatic carbocycles. The van der Waals surface area contributed by atoms with Crippen LogP contribution in [-0.2, 0) is 16.4 Å². The summed E-state index contributed by atoms with van der Waals surface area (Å²) in [5.74, 6) is 0.137. The number of methoxy groups -OCH3 is 2. The van der Waals surface area contributed by atoms with Gasteiger partial charge in [0.25, 0.3) is 10.0 Å². The van der Waals surface area contributed by atoms with Gasteiger partial charge in [0.1, 0.15) is 0 Å². The van der Waals surface area contributed by atoms with Crippen LogP contribution in [0.5, 0.6) is 11.8 Å². The normalized spacial score (nSPS) is 10.9. The second kappa shape index (κ2) is 8.81. The van der Waals surface area contributed by atoms with Crippen molar-refractivity contribution >= 4 is 37.9 Å². The number of sulfonamides is 1. The number of nitrogens with zero attached hydrogens (tertiary/aromatic N) is 2. The zero-order valence-electron chi connectivity index (χ0n) is 14.0. The number of aryl methyl sites for hydroxylation is 1. The van der Waals surface area contributed by atoms with Crippen LogP contribution in [0.3, 0.4) is 0 Å². The molecule has 2 amide bonds. The maximum absolute atomic E-state index is 12.5. The van der Waals surface area contributed by atoms with Crippen molar-refractivity contribution in [1.29, 1.82) is 0 Å². The average Bonchev–Trinajstić information content (AvgIpc) is 2.61. The third kappa shape index (κ3) is 5.05. The first kappa shape index (κ1) is 19.9. The number of hydrogen-bond acceptors (Lipinski definition) is 7. The monoisotopic (exact) mass is 444 g/mol. The van der Waals surface area contributed by atoms with Gasteiger partial charge in [-0.05, 0) is 18.1 Å². The Balaban J connectivity index is 2.19. The summed E-state index contributed by atoms with van der Waals surface area (Å²) in [6.45, 7) is 0. The van der Waals surface area contributed by atoms with Crippen molar-refractivity contribution in [3.05, 3.63) is 35.9 Å². The van der Waals surface area contributed by atoms with Crippen LogP contribution >= 0.6 is 15.9 Å². The zero-order valence-corrected chi connectivity index (χ0v) is 16.4. The first-order valence-corrected chi connectivity index (χ1v) is 9.95. The standard InChI is InChI=1S/C15H17BrN4O5S/c1-24-12-9-13(25-2)18-14(17-12)19-15(21)20-26(22,23)11-6-4-3-5-10(11)7-8-16/h3-6,9H,7-8H2,1-2H3,(H2,17,18,19,20,21). The number of benzene rings is 1. The molecule has 11 heteroatoms. The van der Waals surface area contributed by atoms with Gasteiger partial charge in [-0.25, -0.2) is 17.9 Å². The Morgan fingerprint density at radius 2 is 1.77 bits per heavy atom. The molecular weight excluding hydrogens is 428 g/mol. The number of aromatic nitrogens is 2. The molecule has 0 fully saturated rings. The number of halogens is 1. The molecule has 0 aliphatic carbocycles. The largest absolute Gasteiger partial charge is 0.481 e. The summed E-state index contributed by atoms with van der Waals surface area (Å²) in [4.78, 5) is 19.9. The third-order valence-corrected chi connectivity index (χ3v) is 5.00. The Morgan fingerprint density at radius 1 is 1.15 bits per heavy atom. The van der Waals surface area contributed by atoms with E-state index in [9.17, 15) is 13.2 Å². The molecule has 140 valence electrons. The fourth-order valence-corrected chi connectivity index (χ4v) is 3.65. The summed E-state index contributed by atoms with van der Waals surface area (Å²) in [6, 6.07) is 6.83. The van der Waals surface area contributed by atoms with E-state index in [2.05, 4.69) is 31.2 Å². The number of hydrogen-bond donors (Lipinski definition) is 2. The summed E-state index contributed by atoms with van der Waals surface area (Å²) in [5, 5.41) is 2.83. The van der Waals surface area contributed by atoms with Crippen LogP contribution in [0.1, 0.15) is 5.56 Å². The average molecular weight is 445 g/mol. The van der Waals surface area contributed by atoms with E-state index in [0.717, 1.165) is 0 Å². The lowest BCUT2D eigenvalue weighted by atomic mass is 10.2. The smallest absolute Gasteiger partial charge is 0.335 e. The van der Waals surface area contributed by atoms with Crippen LogP contribution in [0.2, 0.25) is 0 Å². The number of urea groups is 1. The zero-order chi connectivity index (χ0) is 19.2. The topological polar surface area (TPSA) is 120 Å². The first-order valence-electron chi connectivity index (χ1n) is 7.34. The minimum Gasteiger partial charge on any atom is -0.481 e. The number of carbonyl (C=O) groups is 1. The fourth-order valence-electron chi connectivity index (χ4n) is 2.05. The lowest BCUT2D eigenvalue weighted by Gasteiger charge is -2.11. The van der Waals surface area contributed by atoms with Crippen molar-refractivity contribution in [2.24, 2.45) is 0 Å². The van der Waals surface area contributed by atoms with Gasteiger partial charge in [-0.3, -0.25) is 5.32 Å². The van der Waals surface area contributed by atoms with Crippen molar-refractivity contribution in [3.63, 3.8) is 0 Å². The molecule has 0 spiro atoms. The molecule has 0 aliphatic rings. The van der Waals surface area contributed by atoms with Gasteiger partial charge >= 0.3 is 6.03 Å². The number of anilines is 1. The molecule has 1 aromatic heterocycles. The molecular formula is C15H17BrN4O5S. The van der Waals surface area contributed by atoms with Crippen LogP contribution < -0.4 is 19.5 Å². The van der Waals surface area contributed by atoms with Gasteiger partial charge in [0, 0.05) is 5.33 Å². The molecule has 2 aromatic rings. The minimum absolute atomic E-state index is 0.0266. The van der Waals surface area contributed by atoms with E-state index in [1.165, 1.54) is 26.4 Å². The highest BCUT2D eigenvalue weighted by molar-refractivity contribution is 9.09. The van der Waals surface area contributed by atoms with Gasteiger partial charge < -0.3 is 9.47 Å². The quantitative estimate of drug-likeness (QED) is 0.625. The molecule has 0 unspecified atom stereocenters. The fraction of sp³-hybridized carbons (Fsp3) is 0.267. The van der Waals surface area contributed by atoms with Crippen LogP contribution in [0, 0.1) is 0 Å². The van der Waals surface area contributed by atoms with Crippen molar-refractivity contribution in [1.82, 2.24) is 14.7 Å². The van der Waals surface area contributed by atoms with Crippen molar-refractivity contribution in [2.45, 2.75) is 11.3 Å². The Hall–Kier alpha value is -2.40. The van der Waals surface area contributed by atoms with Crippen molar-refractivity contribution in [2.75, 3.05) is 24.9 Å². The molecule has 0 atom stereocenters. The molecule has 0 aliphatic heterocycles. The van der Waals surface area contributed by atoms with Crippen LogP contribution in [0.4, 0.5) is 10.7 Å². The van der Waals surface area contributed by atoms with Gasteiger partial charge in [-0.2, -0.15) is 9.97 Å². The van der Waals surface area contributed by atoms with Crippen molar-refractivity contribution < 1.29 is 22.7 Å². The second-order valence-electron chi connectivity index (χ2n) is 4.88. The molecule has 2 N–H and O–H groups in total. The third-order valence-electron chi connectivity index (χ3n) is 3.18. The van der Waals surface area contributed by atoms with E-state index in [1.54, 1.807) is 18.2 Å². The number of amides is 2. The maximum atomic E-state index is 12.5. The maximum Gasteiger partial charge on any atom is 0.335 e. The van der Waals surface area contributed by atoms with Gasteiger partial charge in [-0.15, -0.1) is 0 Å². The van der Waals surface area contributed by atoms with E-state index in [1.807, 2.05) is 4.72 Å². The van der Waals surface area contributed by atoms with Gasteiger partial charge in [0.2, 0.25) is 17.7 Å². The minimum atomic E-state index is -4.06. The summed E-state index contributed by atoms with van der Waals surface area (Å²) in [6.07, 6.45) is 0.495. The molecule has 0 bridgehead atoms. The number of alkyl halides is 1. The first-order chi connectivity index (χ1) is 12.4. The Morgan fingerprint density at radius 3 is 2.35 bits per heavy atom. The SMILES string of the molecule is COc1cc(OC)nc(NC(=O)NS(=O)(=O)c2ccccc2CCBr)n1. The summed E-state index contributed by atoms with van der Waals surface area (Å²) >= 11 is 3.27. The number of rotatable bonds is 7. The van der Waals surface area contributed by atoms with Crippen molar-refractivity contribution in [3.8, 4) is 11.8 Å². The highest BCUT2D eigenvalue weighted by atomic mass is 79.9. The number of carbonyl (C=O) groups excluding carboxylic acids is 1. The van der Waals surface area contributed by atoms with E-state index in [0.29, 0.717) is 17.3 Å². The van der Waals surface area contributed by atoms with E-state index >= 15 is 0 Å². The van der Waals surface area contributed by atoms with Crippen LogP contribution in [-0.4, -0.2) is 44.0 Å². The van der Waals surface area contributed by atoms with E-state index < -0.39 is 16.1 Å². The number of nitrogens with one attached hydrogen (secondary N) is 2. The lowest BCUT2D eigenvalue weighted by Crippen LogP contribution is -2.35. The summed E-state index contributed by atoms with van der Waals surface area (Å²) in [5.41, 5.74) is 0.587. The second-order valence-corrected chi connectivity index (χ2v) is 7.33. The molecule has 26 heavy (non-hydrogen) atoms. The molecule has 1 heterocycles. The van der Waals surface area contributed by atoms with E-state index in [-0.39, 0.29) is 22.6 Å². The van der Waals surface area contributed by atoms with Crippen LogP contribution in [0.25, 0.3) is 0 Å². The van der Waals surface area contributed by atoms with Gasteiger partial charge in [0.05, 0.1) is 25.2 Å². The Bertz CT molecular complexity index is 869. The number of ether oxygens (including phenoxy) is 2. The molecule has 2 rings (SSSR count).